The molecule has 3 heterocycles. The van der Waals surface area contributed by atoms with E-state index in [-0.39, 0.29) is 24.0 Å². The van der Waals surface area contributed by atoms with Gasteiger partial charge in [0.2, 0.25) is 17.7 Å². The molecule has 0 aliphatic rings. The van der Waals surface area contributed by atoms with Gasteiger partial charge in [-0.1, -0.05) is 57.0 Å². The fraction of sp³-hybridized carbons (Fsp3) is 0.394. The monoisotopic (exact) mass is 582 g/mol. The van der Waals surface area contributed by atoms with Gasteiger partial charge in [-0.15, -0.1) is 10.2 Å². The molecule has 0 aliphatic carbocycles. The summed E-state index contributed by atoms with van der Waals surface area (Å²) in [6, 6.07) is 17.1. The number of aryl methyl sites for hydroxylation is 2. The smallest absolute Gasteiger partial charge is 0.253 e. The lowest BCUT2D eigenvalue weighted by molar-refractivity contribution is -0.122. The predicted octanol–water partition coefficient (Wildman–Crippen LogP) is 6.38. The second-order valence-corrected chi connectivity index (χ2v) is 10.6. The van der Waals surface area contributed by atoms with E-state index in [1.807, 2.05) is 61.5 Å². The van der Waals surface area contributed by atoms with Gasteiger partial charge < -0.3 is 19.0 Å². The highest BCUT2D eigenvalue weighted by atomic mass is 16.5. The quantitative estimate of drug-likeness (QED) is 0.141. The van der Waals surface area contributed by atoms with E-state index in [2.05, 4.69) is 32.0 Å². The number of unbranched alkanes of at least 4 members (excludes halogenated alkanes) is 2. The predicted molar refractivity (Wildman–Crippen MR) is 165 cm³/mol. The molecule has 10 heteroatoms. The van der Waals surface area contributed by atoms with Crippen molar-refractivity contribution in [1.82, 2.24) is 30.0 Å². The van der Waals surface area contributed by atoms with Crippen molar-refractivity contribution < 1.29 is 18.7 Å². The minimum atomic E-state index is -0.472. The summed E-state index contributed by atoms with van der Waals surface area (Å²) in [7, 11) is 1.55. The molecule has 43 heavy (non-hydrogen) atoms. The van der Waals surface area contributed by atoms with E-state index < -0.39 is 6.04 Å². The van der Waals surface area contributed by atoms with E-state index in [1.165, 1.54) is 0 Å². The van der Waals surface area contributed by atoms with Crippen molar-refractivity contribution in [2.24, 2.45) is 0 Å². The highest BCUT2D eigenvalue weighted by Gasteiger charge is 2.24. The Morgan fingerprint density at radius 3 is 2.53 bits per heavy atom. The van der Waals surface area contributed by atoms with Crippen molar-refractivity contribution in [1.29, 1.82) is 0 Å². The van der Waals surface area contributed by atoms with Crippen molar-refractivity contribution in [2.45, 2.75) is 77.8 Å². The fourth-order valence-electron chi connectivity index (χ4n) is 5.30. The average Bonchev–Trinajstić information content (AvgIpc) is 3.67. The van der Waals surface area contributed by atoms with Gasteiger partial charge in [-0.2, -0.15) is 0 Å². The minimum absolute atomic E-state index is 0.115. The second-order valence-electron chi connectivity index (χ2n) is 10.6. The molecule has 1 N–H and O–H groups in total. The number of carbonyl (C=O) groups is 2. The lowest BCUT2D eigenvalue weighted by Crippen LogP contribution is -2.29. The molecule has 0 saturated carbocycles. The summed E-state index contributed by atoms with van der Waals surface area (Å²) in [5.41, 5.74) is 3.33. The van der Waals surface area contributed by atoms with E-state index >= 15 is 0 Å². The van der Waals surface area contributed by atoms with Crippen LogP contribution < -0.4 is 10.1 Å². The topological polar surface area (TPSA) is 125 Å². The largest absolute Gasteiger partial charge is 0.480 e. The first-order valence-corrected chi connectivity index (χ1v) is 15.0. The summed E-state index contributed by atoms with van der Waals surface area (Å²) >= 11 is 0. The van der Waals surface area contributed by atoms with E-state index in [1.54, 1.807) is 7.11 Å². The normalized spacial score (nSPS) is 12.1. The number of benzene rings is 2. The van der Waals surface area contributed by atoms with Gasteiger partial charge >= 0.3 is 0 Å². The lowest BCUT2D eigenvalue weighted by Gasteiger charge is -2.16. The zero-order valence-electron chi connectivity index (χ0n) is 25.0. The van der Waals surface area contributed by atoms with Crippen molar-refractivity contribution in [3.05, 3.63) is 66.3 Å². The lowest BCUT2D eigenvalue weighted by atomic mass is 10.0. The summed E-state index contributed by atoms with van der Waals surface area (Å²) in [6.07, 6.45) is 5.27. The third kappa shape index (κ3) is 7.07. The molecule has 1 unspecified atom stereocenters. The van der Waals surface area contributed by atoms with Crippen LogP contribution in [0.15, 0.2) is 59.0 Å². The van der Waals surface area contributed by atoms with Gasteiger partial charge in [0.1, 0.15) is 23.2 Å². The van der Waals surface area contributed by atoms with Gasteiger partial charge in [0.25, 0.3) is 5.89 Å². The van der Waals surface area contributed by atoms with Crippen LogP contribution >= 0.6 is 0 Å². The minimum Gasteiger partial charge on any atom is -0.480 e. The molecule has 0 fully saturated rings. The number of aromatic nitrogens is 5. The van der Waals surface area contributed by atoms with Crippen molar-refractivity contribution >= 4 is 33.6 Å². The first-order chi connectivity index (χ1) is 21.0. The maximum Gasteiger partial charge on any atom is 0.253 e. The Bertz CT molecular complexity index is 1710. The zero-order valence-corrected chi connectivity index (χ0v) is 25.0. The molecule has 0 bridgehead atoms. The molecule has 0 spiro atoms. The van der Waals surface area contributed by atoms with E-state index in [4.69, 9.17) is 14.1 Å². The number of hydrogen-bond acceptors (Lipinski definition) is 8. The van der Waals surface area contributed by atoms with Gasteiger partial charge in [-0.3, -0.25) is 9.59 Å². The number of nitrogens with one attached hydrogen (secondary N) is 1. The van der Waals surface area contributed by atoms with Crippen LogP contribution in [-0.4, -0.2) is 43.5 Å². The van der Waals surface area contributed by atoms with Gasteiger partial charge in [0.15, 0.2) is 0 Å². The van der Waals surface area contributed by atoms with Crippen LogP contribution in [0.3, 0.4) is 0 Å². The van der Waals surface area contributed by atoms with Gasteiger partial charge in [-0.05, 0) is 37.1 Å². The third-order valence-electron chi connectivity index (χ3n) is 7.64. The fourth-order valence-corrected chi connectivity index (χ4v) is 5.30. The standard InChI is InChI=1S/C33H38N6O4/c1-4-23(40)14-7-6-8-17-27(35-30(41)19-20-39-28-18-12-11-16-26(28)34-29(39)5-2)33-38-37-32(43-33)24-21-22-13-9-10-15-25(22)36-31(24)42-3/h9-13,15-16,18,21,27H,4-8,14,17,19-20H2,1-3H3,(H,35,41). The Kier molecular flexibility index (Phi) is 9.76. The number of pyridine rings is 1. The molecule has 224 valence electrons. The average molecular weight is 583 g/mol. The molecule has 0 saturated heterocycles. The summed E-state index contributed by atoms with van der Waals surface area (Å²) in [6.45, 7) is 4.46. The number of amides is 1. The molecule has 0 aliphatic heterocycles. The third-order valence-corrected chi connectivity index (χ3v) is 7.64. The Balaban J connectivity index is 1.33. The first-order valence-electron chi connectivity index (χ1n) is 15.0. The van der Waals surface area contributed by atoms with E-state index in [9.17, 15) is 9.59 Å². The number of methoxy groups -OCH3 is 1. The summed E-state index contributed by atoms with van der Waals surface area (Å²) in [5, 5.41) is 12.7. The zero-order chi connectivity index (χ0) is 30.2. The van der Waals surface area contributed by atoms with E-state index in [0.717, 1.165) is 53.4 Å². The second kappa shape index (κ2) is 14.0. The number of ketones is 1. The number of imidazole rings is 1. The number of fused-ring (bicyclic) bond motifs is 2. The van der Waals surface area contributed by atoms with Gasteiger partial charge in [0.05, 0.1) is 23.7 Å². The molecule has 2 aromatic carbocycles. The van der Waals surface area contributed by atoms with Crippen LogP contribution in [0.4, 0.5) is 0 Å². The van der Waals surface area contributed by atoms with Crippen LogP contribution in [0.25, 0.3) is 33.4 Å². The first kappa shape index (κ1) is 29.9. The maximum atomic E-state index is 13.3. The van der Waals surface area contributed by atoms with Crippen LogP contribution in [0.5, 0.6) is 5.88 Å². The molecular weight excluding hydrogens is 544 g/mol. The van der Waals surface area contributed by atoms with Crippen molar-refractivity contribution in [3.8, 4) is 17.3 Å². The van der Waals surface area contributed by atoms with Crippen molar-refractivity contribution in [3.63, 3.8) is 0 Å². The van der Waals surface area contributed by atoms with Crippen molar-refractivity contribution in [2.75, 3.05) is 7.11 Å². The summed E-state index contributed by atoms with van der Waals surface area (Å²) in [5.74, 6) is 2.08. The SMILES string of the molecule is CCC(=O)CCCCCC(NC(=O)CCn1c(CC)nc2ccccc21)c1nnc(-c2cc3ccccc3nc2OC)o1. The number of nitrogens with zero attached hydrogens (tertiary/aromatic N) is 5. The molecule has 10 nitrogen and oxygen atoms in total. The van der Waals surface area contributed by atoms with Crippen LogP contribution in [0.2, 0.25) is 0 Å². The van der Waals surface area contributed by atoms with Gasteiger partial charge in [-0.25, -0.2) is 9.97 Å². The van der Waals surface area contributed by atoms with E-state index in [0.29, 0.717) is 43.1 Å². The molecule has 0 radical (unpaired) electrons. The number of para-hydroxylation sites is 3. The number of hydrogen-bond donors (Lipinski definition) is 1. The molecular formula is C33H38N6O4. The number of Topliss-reactive ketones (excluding diaryl/α,β-unsaturated/α-hetero) is 1. The Morgan fingerprint density at radius 2 is 1.74 bits per heavy atom. The van der Waals surface area contributed by atoms with Crippen LogP contribution in [0.1, 0.15) is 76.6 Å². The highest BCUT2D eigenvalue weighted by Crippen LogP contribution is 2.32. The summed E-state index contributed by atoms with van der Waals surface area (Å²) < 4.78 is 13.8. The molecule has 1 atom stereocenters. The number of rotatable bonds is 15. The van der Waals surface area contributed by atoms with Crippen LogP contribution in [0, 0.1) is 0 Å². The molecule has 3 aromatic heterocycles. The number of ether oxygens (including phenoxy) is 1. The van der Waals surface area contributed by atoms with Crippen LogP contribution in [-0.2, 0) is 22.6 Å². The number of carbonyl (C=O) groups excluding carboxylic acids is 2. The summed E-state index contributed by atoms with van der Waals surface area (Å²) in [4.78, 5) is 34.3. The Labute approximate surface area is 250 Å². The molecule has 1 amide bonds. The molecule has 5 rings (SSSR count). The van der Waals surface area contributed by atoms with Gasteiger partial charge in [0, 0.05) is 37.6 Å². The Morgan fingerprint density at radius 1 is 0.953 bits per heavy atom. The maximum absolute atomic E-state index is 13.3. The molecule has 5 aromatic rings. The Hall–Kier alpha value is -4.60. The highest BCUT2D eigenvalue weighted by molar-refractivity contribution is 5.84.